The molecule has 0 saturated heterocycles. The van der Waals surface area contributed by atoms with E-state index < -0.39 is 12.2 Å². The molecule has 2 N–H and O–H groups in total. The Kier molecular flexibility index (Phi) is 3.74. The van der Waals surface area contributed by atoms with Crippen LogP contribution in [-0.2, 0) is 6.61 Å². The Balaban J connectivity index is 1.78. The Hall–Kier alpha value is -2.44. The Bertz CT molecular complexity index is 953. The summed E-state index contributed by atoms with van der Waals surface area (Å²) in [7, 11) is 0. The Morgan fingerprint density at radius 2 is 2.08 bits per heavy atom. The quantitative estimate of drug-likeness (QED) is 0.768. The molecule has 1 aromatic carbocycles. The summed E-state index contributed by atoms with van der Waals surface area (Å²) in [6, 6.07) is 8.08. The van der Waals surface area contributed by atoms with Crippen molar-refractivity contribution in [3.63, 3.8) is 0 Å². The minimum Gasteiger partial charge on any atom is -0.479 e. The van der Waals surface area contributed by atoms with Crippen LogP contribution in [0.1, 0.15) is 41.5 Å². The molecule has 6 heteroatoms. The second-order valence-corrected chi connectivity index (χ2v) is 6.46. The average Bonchev–Trinajstić information content (AvgIpc) is 3.04. The number of aliphatic hydroxyl groups excluding tert-OH is 2. The van der Waals surface area contributed by atoms with E-state index in [1.807, 2.05) is 20.0 Å². The molecule has 130 valence electrons. The maximum Gasteiger partial charge on any atom is 0.180 e. The number of aryl methyl sites for hydroxylation is 1. The van der Waals surface area contributed by atoms with Crippen LogP contribution in [0.15, 0.2) is 36.5 Å². The van der Waals surface area contributed by atoms with Crippen molar-refractivity contribution in [2.45, 2.75) is 38.6 Å². The van der Waals surface area contributed by atoms with Gasteiger partial charge in [0.1, 0.15) is 11.9 Å². The molecule has 0 saturated carbocycles. The van der Waals surface area contributed by atoms with Gasteiger partial charge in [0.05, 0.1) is 18.0 Å². The van der Waals surface area contributed by atoms with E-state index >= 15 is 0 Å². The first-order valence-electron chi connectivity index (χ1n) is 8.22. The standard InChI is InChI=1S/C19H19FN2O3/c1-10-14-8-12(20)5-6-13(14)18(17(10)24)25-16-4-3-7-22-15(9-23)11(2)21-19(16)22/h3-8,10,17-18,23-24H,9H2,1-2H3. The first kappa shape index (κ1) is 16.1. The molecule has 3 unspecified atom stereocenters. The summed E-state index contributed by atoms with van der Waals surface area (Å²) in [5.41, 5.74) is 3.55. The highest BCUT2D eigenvalue weighted by molar-refractivity contribution is 5.56. The second kappa shape index (κ2) is 5.82. The third-order valence-corrected chi connectivity index (χ3v) is 4.99. The zero-order valence-corrected chi connectivity index (χ0v) is 14.0. The molecule has 2 heterocycles. The number of nitrogens with zero attached hydrogens (tertiary/aromatic N) is 2. The van der Waals surface area contributed by atoms with Crippen LogP contribution in [0.5, 0.6) is 5.75 Å². The number of halogens is 1. The third-order valence-electron chi connectivity index (χ3n) is 4.99. The average molecular weight is 342 g/mol. The molecule has 0 bridgehead atoms. The monoisotopic (exact) mass is 342 g/mol. The summed E-state index contributed by atoms with van der Waals surface area (Å²) in [4.78, 5) is 4.48. The van der Waals surface area contributed by atoms with E-state index in [1.165, 1.54) is 12.1 Å². The van der Waals surface area contributed by atoms with E-state index in [0.717, 1.165) is 16.8 Å². The molecular formula is C19H19FN2O3. The Morgan fingerprint density at radius 1 is 1.28 bits per heavy atom. The number of pyridine rings is 1. The van der Waals surface area contributed by atoms with E-state index in [-0.39, 0.29) is 18.3 Å². The molecule has 0 amide bonds. The van der Waals surface area contributed by atoms with Gasteiger partial charge in [-0.3, -0.25) is 4.40 Å². The van der Waals surface area contributed by atoms with Crippen molar-refractivity contribution in [3.05, 3.63) is 64.9 Å². The number of rotatable bonds is 3. The lowest BCUT2D eigenvalue weighted by atomic mass is 10.0. The summed E-state index contributed by atoms with van der Waals surface area (Å²) in [6.07, 6.45) is 0.446. The van der Waals surface area contributed by atoms with Crippen molar-refractivity contribution < 1.29 is 19.3 Å². The van der Waals surface area contributed by atoms with Gasteiger partial charge < -0.3 is 14.9 Å². The summed E-state index contributed by atoms with van der Waals surface area (Å²) in [6.45, 7) is 3.56. The molecule has 2 aromatic heterocycles. The van der Waals surface area contributed by atoms with Crippen LogP contribution in [0, 0.1) is 12.7 Å². The molecule has 25 heavy (non-hydrogen) atoms. The minimum atomic E-state index is -0.773. The van der Waals surface area contributed by atoms with E-state index in [4.69, 9.17) is 4.74 Å². The van der Waals surface area contributed by atoms with Gasteiger partial charge in [0.2, 0.25) is 0 Å². The fraction of sp³-hybridized carbons (Fsp3) is 0.316. The molecule has 0 fully saturated rings. The van der Waals surface area contributed by atoms with E-state index in [2.05, 4.69) is 4.98 Å². The van der Waals surface area contributed by atoms with Gasteiger partial charge in [0.25, 0.3) is 0 Å². The maximum atomic E-state index is 13.6. The fourth-order valence-electron chi connectivity index (χ4n) is 3.59. The molecule has 3 aromatic rings. The number of ether oxygens (including phenoxy) is 1. The van der Waals surface area contributed by atoms with Crippen molar-refractivity contribution in [2.24, 2.45) is 0 Å². The molecule has 0 aliphatic heterocycles. The van der Waals surface area contributed by atoms with Crippen molar-refractivity contribution in [3.8, 4) is 5.75 Å². The predicted octanol–water partition coefficient (Wildman–Crippen LogP) is 2.87. The maximum absolute atomic E-state index is 13.6. The first-order chi connectivity index (χ1) is 12.0. The zero-order valence-electron chi connectivity index (χ0n) is 14.0. The van der Waals surface area contributed by atoms with Crippen LogP contribution in [0.2, 0.25) is 0 Å². The summed E-state index contributed by atoms with van der Waals surface area (Å²) >= 11 is 0. The van der Waals surface area contributed by atoms with Crippen molar-refractivity contribution >= 4 is 5.65 Å². The number of hydrogen-bond acceptors (Lipinski definition) is 4. The van der Waals surface area contributed by atoms with Gasteiger partial charge in [-0.05, 0) is 42.3 Å². The number of aliphatic hydroxyl groups is 2. The van der Waals surface area contributed by atoms with Gasteiger partial charge in [-0.1, -0.05) is 13.0 Å². The molecule has 1 aliphatic carbocycles. The highest BCUT2D eigenvalue weighted by Crippen LogP contribution is 2.43. The smallest absolute Gasteiger partial charge is 0.180 e. The van der Waals surface area contributed by atoms with Crippen LogP contribution in [-0.4, -0.2) is 25.7 Å². The normalized spacial score (nSPS) is 22.4. The molecule has 5 nitrogen and oxygen atoms in total. The molecule has 0 spiro atoms. The van der Waals surface area contributed by atoms with Gasteiger partial charge in [0.15, 0.2) is 17.5 Å². The molecule has 4 rings (SSSR count). The first-order valence-corrected chi connectivity index (χ1v) is 8.22. The van der Waals surface area contributed by atoms with E-state index in [1.54, 1.807) is 22.6 Å². The molecule has 1 aliphatic rings. The summed E-state index contributed by atoms with van der Waals surface area (Å²) in [5.74, 6) is -0.0272. The minimum absolute atomic E-state index is 0.123. The Morgan fingerprint density at radius 3 is 2.84 bits per heavy atom. The van der Waals surface area contributed by atoms with Crippen molar-refractivity contribution in [1.82, 2.24) is 9.38 Å². The van der Waals surface area contributed by atoms with Crippen LogP contribution in [0.25, 0.3) is 5.65 Å². The van der Waals surface area contributed by atoms with E-state index in [0.29, 0.717) is 17.1 Å². The van der Waals surface area contributed by atoms with Crippen LogP contribution in [0.3, 0.4) is 0 Å². The van der Waals surface area contributed by atoms with Gasteiger partial charge in [-0.25, -0.2) is 9.37 Å². The van der Waals surface area contributed by atoms with Gasteiger partial charge in [0, 0.05) is 12.1 Å². The number of fused-ring (bicyclic) bond motifs is 2. The molecular weight excluding hydrogens is 323 g/mol. The van der Waals surface area contributed by atoms with Crippen LogP contribution < -0.4 is 4.74 Å². The second-order valence-electron chi connectivity index (χ2n) is 6.46. The van der Waals surface area contributed by atoms with Crippen molar-refractivity contribution in [2.75, 3.05) is 0 Å². The predicted molar refractivity (Wildman–Crippen MR) is 90.0 cm³/mol. The summed E-state index contributed by atoms with van der Waals surface area (Å²) in [5, 5.41) is 20.1. The number of hydrogen-bond donors (Lipinski definition) is 2. The number of aromatic nitrogens is 2. The van der Waals surface area contributed by atoms with Crippen LogP contribution in [0.4, 0.5) is 4.39 Å². The molecule has 0 radical (unpaired) electrons. The van der Waals surface area contributed by atoms with Crippen molar-refractivity contribution in [1.29, 1.82) is 0 Å². The lowest BCUT2D eigenvalue weighted by Crippen LogP contribution is -2.21. The van der Waals surface area contributed by atoms with Gasteiger partial charge >= 0.3 is 0 Å². The van der Waals surface area contributed by atoms with Crippen LogP contribution >= 0.6 is 0 Å². The SMILES string of the molecule is Cc1nc2c(OC3c4ccc(F)cc4C(C)C3O)cccn2c1CO. The zero-order chi connectivity index (χ0) is 17.7. The lowest BCUT2D eigenvalue weighted by molar-refractivity contribution is 0.0368. The fourth-order valence-corrected chi connectivity index (χ4v) is 3.59. The lowest BCUT2D eigenvalue weighted by Gasteiger charge is -2.20. The van der Waals surface area contributed by atoms with Gasteiger partial charge in [-0.2, -0.15) is 0 Å². The Labute approximate surface area is 144 Å². The number of benzene rings is 1. The number of imidazole rings is 1. The molecule has 3 atom stereocenters. The third kappa shape index (κ3) is 2.41. The highest BCUT2D eigenvalue weighted by atomic mass is 19.1. The van der Waals surface area contributed by atoms with Gasteiger partial charge in [-0.15, -0.1) is 0 Å². The highest BCUT2D eigenvalue weighted by Gasteiger charge is 2.39. The summed E-state index contributed by atoms with van der Waals surface area (Å²) < 4.78 is 21.4. The topological polar surface area (TPSA) is 67.0 Å². The largest absolute Gasteiger partial charge is 0.479 e. The van der Waals surface area contributed by atoms with E-state index in [9.17, 15) is 14.6 Å².